The molecule has 122 valence electrons. The topological polar surface area (TPSA) is 9.23 Å². The van der Waals surface area contributed by atoms with E-state index in [0.717, 1.165) is 18.6 Å². The van der Waals surface area contributed by atoms with Crippen molar-refractivity contribution in [3.05, 3.63) is 77.9 Å². The van der Waals surface area contributed by atoms with Crippen LogP contribution in [-0.4, -0.2) is 6.61 Å². The first kappa shape index (κ1) is 17.5. The Kier molecular flexibility index (Phi) is 8.21. The summed E-state index contributed by atoms with van der Waals surface area (Å²) in [6.07, 6.45) is 9.42. The van der Waals surface area contributed by atoms with Gasteiger partial charge in [0, 0.05) is 6.61 Å². The molecule has 0 fully saturated rings. The zero-order valence-corrected chi connectivity index (χ0v) is 14.0. The molecule has 0 aliphatic heterocycles. The number of aryl methyl sites for hydroxylation is 1. The number of ether oxygens (including phenoxy) is 1. The smallest absolute Gasteiger partial charge is 0.0716 e. The molecule has 1 nitrogen and oxygen atoms in total. The number of hydrogen-bond acceptors (Lipinski definition) is 1. The van der Waals surface area contributed by atoms with Gasteiger partial charge >= 0.3 is 0 Å². The van der Waals surface area contributed by atoms with E-state index < -0.39 is 0 Å². The van der Waals surface area contributed by atoms with Gasteiger partial charge in [0.15, 0.2) is 0 Å². The molecule has 0 aliphatic carbocycles. The van der Waals surface area contributed by atoms with Crippen LogP contribution in [0.4, 0.5) is 0 Å². The van der Waals surface area contributed by atoms with Crippen molar-refractivity contribution in [2.75, 3.05) is 6.61 Å². The van der Waals surface area contributed by atoms with Crippen LogP contribution in [0.3, 0.4) is 0 Å². The van der Waals surface area contributed by atoms with Crippen molar-refractivity contribution in [2.24, 2.45) is 0 Å². The van der Waals surface area contributed by atoms with Gasteiger partial charge in [0.05, 0.1) is 6.61 Å². The molecule has 2 aromatic rings. The van der Waals surface area contributed by atoms with E-state index in [1.165, 1.54) is 43.2 Å². The maximum absolute atomic E-state index is 5.74. The average molecular weight is 308 g/mol. The SMILES string of the molecule is C=Cc1ccc(COCCCCCCCc2ccccc2)cc1. The Morgan fingerprint density at radius 1 is 0.739 bits per heavy atom. The first-order valence-corrected chi connectivity index (χ1v) is 8.71. The normalized spacial score (nSPS) is 10.6. The van der Waals surface area contributed by atoms with Crippen molar-refractivity contribution in [2.45, 2.75) is 45.1 Å². The molecule has 2 rings (SSSR count). The van der Waals surface area contributed by atoms with Crippen LogP contribution in [0.25, 0.3) is 6.08 Å². The summed E-state index contributed by atoms with van der Waals surface area (Å²) >= 11 is 0. The Labute approximate surface area is 141 Å². The third-order valence-electron chi connectivity index (χ3n) is 4.08. The summed E-state index contributed by atoms with van der Waals surface area (Å²) in [5.74, 6) is 0. The van der Waals surface area contributed by atoms with Crippen molar-refractivity contribution >= 4 is 6.08 Å². The molecular formula is C22H28O. The fourth-order valence-corrected chi connectivity index (χ4v) is 2.65. The van der Waals surface area contributed by atoms with Crippen molar-refractivity contribution in [1.82, 2.24) is 0 Å². The number of benzene rings is 2. The zero-order chi connectivity index (χ0) is 16.2. The summed E-state index contributed by atoms with van der Waals surface area (Å²) in [6, 6.07) is 19.1. The van der Waals surface area contributed by atoms with Gasteiger partial charge < -0.3 is 4.74 Å². The summed E-state index contributed by atoms with van der Waals surface area (Å²) < 4.78 is 5.74. The maximum atomic E-state index is 5.74. The minimum absolute atomic E-state index is 0.714. The fraction of sp³-hybridized carbons (Fsp3) is 0.364. The van der Waals surface area contributed by atoms with Gasteiger partial charge in [-0.2, -0.15) is 0 Å². The molecular weight excluding hydrogens is 280 g/mol. The second kappa shape index (κ2) is 10.8. The van der Waals surface area contributed by atoms with E-state index in [2.05, 4.69) is 61.2 Å². The molecule has 0 radical (unpaired) electrons. The van der Waals surface area contributed by atoms with Crippen LogP contribution in [0.1, 0.15) is 48.8 Å². The van der Waals surface area contributed by atoms with E-state index in [4.69, 9.17) is 4.74 Å². The van der Waals surface area contributed by atoms with Gasteiger partial charge in [-0.3, -0.25) is 0 Å². The van der Waals surface area contributed by atoms with E-state index in [9.17, 15) is 0 Å². The molecule has 0 atom stereocenters. The van der Waals surface area contributed by atoms with Crippen molar-refractivity contribution in [3.8, 4) is 0 Å². The monoisotopic (exact) mass is 308 g/mol. The van der Waals surface area contributed by atoms with Crippen LogP contribution in [0, 0.1) is 0 Å². The van der Waals surface area contributed by atoms with Crippen molar-refractivity contribution in [1.29, 1.82) is 0 Å². The lowest BCUT2D eigenvalue weighted by atomic mass is 10.1. The molecule has 1 heteroatoms. The number of hydrogen-bond donors (Lipinski definition) is 0. The van der Waals surface area contributed by atoms with Gasteiger partial charge in [-0.1, -0.05) is 86.5 Å². The summed E-state index contributed by atoms with van der Waals surface area (Å²) in [4.78, 5) is 0. The predicted octanol–water partition coefficient (Wildman–Crippen LogP) is 6.04. The van der Waals surface area contributed by atoms with Gasteiger partial charge in [0.2, 0.25) is 0 Å². The largest absolute Gasteiger partial charge is 0.377 e. The average Bonchev–Trinajstić information content (AvgIpc) is 2.61. The highest BCUT2D eigenvalue weighted by Gasteiger charge is 1.96. The molecule has 0 unspecified atom stereocenters. The summed E-state index contributed by atoms with van der Waals surface area (Å²) in [7, 11) is 0. The van der Waals surface area contributed by atoms with Gasteiger partial charge in [0.25, 0.3) is 0 Å². The predicted molar refractivity (Wildman–Crippen MR) is 99.4 cm³/mol. The lowest BCUT2D eigenvalue weighted by Crippen LogP contribution is -1.96. The van der Waals surface area contributed by atoms with Gasteiger partial charge in [-0.05, 0) is 36.0 Å². The van der Waals surface area contributed by atoms with Crippen LogP contribution in [0.5, 0.6) is 0 Å². The van der Waals surface area contributed by atoms with Crippen LogP contribution in [0.15, 0.2) is 61.2 Å². The molecule has 0 spiro atoms. The standard InChI is InChI=1S/C22H28O/c1-2-20-14-16-22(17-15-20)19-23-18-10-5-3-4-7-11-21-12-8-6-9-13-21/h2,6,8-9,12-17H,1,3-5,7,10-11,18-19H2. The summed E-state index contributed by atoms with van der Waals surface area (Å²) in [5, 5.41) is 0. The quantitative estimate of drug-likeness (QED) is 0.460. The molecule has 0 aromatic heterocycles. The third kappa shape index (κ3) is 7.30. The first-order chi connectivity index (χ1) is 11.4. The van der Waals surface area contributed by atoms with E-state index >= 15 is 0 Å². The van der Waals surface area contributed by atoms with E-state index in [1.54, 1.807) is 0 Å². The van der Waals surface area contributed by atoms with Gasteiger partial charge in [-0.15, -0.1) is 0 Å². The van der Waals surface area contributed by atoms with Gasteiger partial charge in [-0.25, -0.2) is 0 Å². The van der Waals surface area contributed by atoms with E-state index in [0.29, 0.717) is 6.61 Å². The van der Waals surface area contributed by atoms with Gasteiger partial charge in [0.1, 0.15) is 0 Å². The highest BCUT2D eigenvalue weighted by molar-refractivity contribution is 5.47. The third-order valence-corrected chi connectivity index (χ3v) is 4.08. The molecule has 0 aliphatic rings. The van der Waals surface area contributed by atoms with E-state index in [1.807, 2.05) is 6.08 Å². The molecule has 0 saturated heterocycles. The fourth-order valence-electron chi connectivity index (χ4n) is 2.65. The Bertz CT molecular complexity index is 542. The molecule has 0 saturated carbocycles. The Morgan fingerprint density at radius 2 is 1.43 bits per heavy atom. The second-order valence-electron chi connectivity index (χ2n) is 6.00. The molecule has 0 heterocycles. The minimum Gasteiger partial charge on any atom is -0.377 e. The van der Waals surface area contributed by atoms with Crippen molar-refractivity contribution in [3.63, 3.8) is 0 Å². The number of unbranched alkanes of at least 4 members (excludes halogenated alkanes) is 4. The molecule has 0 amide bonds. The Morgan fingerprint density at radius 3 is 2.17 bits per heavy atom. The highest BCUT2D eigenvalue weighted by atomic mass is 16.5. The highest BCUT2D eigenvalue weighted by Crippen LogP contribution is 2.10. The Balaban J connectivity index is 1.44. The molecule has 2 aromatic carbocycles. The lowest BCUT2D eigenvalue weighted by molar-refractivity contribution is 0.116. The minimum atomic E-state index is 0.714. The summed E-state index contributed by atoms with van der Waals surface area (Å²) in [5.41, 5.74) is 3.85. The van der Waals surface area contributed by atoms with Crippen LogP contribution in [0.2, 0.25) is 0 Å². The van der Waals surface area contributed by atoms with Crippen LogP contribution in [-0.2, 0) is 17.8 Å². The second-order valence-corrected chi connectivity index (χ2v) is 6.00. The Hall–Kier alpha value is -1.86. The van der Waals surface area contributed by atoms with Crippen molar-refractivity contribution < 1.29 is 4.74 Å². The van der Waals surface area contributed by atoms with Crippen LogP contribution >= 0.6 is 0 Å². The molecule has 0 N–H and O–H groups in total. The zero-order valence-electron chi connectivity index (χ0n) is 14.0. The number of rotatable bonds is 11. The molecule has 0 bridgehead atoms. The van der Waals surface area contributed by atoms with Crippen LogP contribution < -0.4 is 0 Å². The first-order valence-electron chi connectivity index (χ1n) is 8.71. The lowest BCUT2D eigenvalue weighted by Gasteiger charge is -2.05. The van der Waals surface area contributed by atoms with E-state index in [-0.39, 0.29) is 0 Å². The summed E-state index contributed by atoms with van der Waals surface area (Å²) in [6.45, 7) is 5.34. The molecule has 23 heavy (non-hydrogen) atoms. The maximum Gasteiger partial charge on any atom is 0.0716 e.